The van der Waals surface area contributed by atoms with Crippen LogP contribution in [0.1, 0.15) is 52.7 Å². The van der Waals surface area contributed by atoms with E-state index in [4.69, 9.17) is 10.5 Å². The predicted molar refractivity (Wildman–Crippen MR) is 143 cm³/mol. The number of alkyl halides is 3. The fraction of sp³-hybridized carbons (Fsp3) is 0.517. The van der Waals surface area contributed by atoms with Crippen LogP contribution in [-0.4, -0.2) is 77.7 Å². The van der Waals surface area contributed by atoms with Crippen molar-refractivity contribution in [2.75, 3.05) is 39.4 Å². The molecule has 2 aromatic carbocycles. The summed E-state index contributed by atoms with van der Waals surface area (Å²) in [6.07, 6.45) is -1.59. The van der Waals surface area contributed by atoms with Gasteiger partial charge < -0.3 is 15.8 Å². The van der Waals surface area contributed by atoms with Crippen molar-refractivity contribution < 1.29 is 27.5 Å². The van der Waals surface area contributed by atoms with Gasteiger partial charge in [-0.15, -0.1) is 0 Å². The maximum Gasteiger partial charge on any atom is 0.416 e. The molecule has 216 valence electrons. The Hall–Kier alpha value is -3.15. The van der Waals surface area contributed by atoms with Crippen molar-refractivity contribution in [1.82, 2.24) is 20.0 Å². The van der Waals surface area contributed by atoms with Crippen LogP contribution in [0.5, 0.6) is 0 Å². The Morgan fingerprint density at radius 3 is 2.12 bits per heavy atom. The zero-order valence-corrected chi connectivity index (χ0v) is 22.5. The first-order valence-electron chi connectivity index (χ1n) is 13.8. The van der Waals surface area contributed by atoms with Crippen LogP contribution in [0.2, 0.25) is 0 Å². The van der Waals surface area contributed by atoms with Gasteiger partial charge in [-0.05, 0) is 48.2 Å². The maximum absolute atomic E-state index is 12.8. The summed E-state index contributed by atoms with van der Waals surface area (Å²) in [4.78, 5) is 31.4. The summed E-state index contributed by atoms with van der Waals surface area (Å²) in [7, 11) is 0. The SMILES string of the molecule is NCN1CCC(NC(=O)c2ccc(CN3CC4(CCN(Cc5ccc(C(F)(F)F)cc5)CC4)OC3=O)cc2)CC1. The number of rotatable bonds is 7. The molecule has 3 N–H and O–H groups in total. The molecule has 3 saturated heterocycles. The number of benzene rings is 2. The van der Waals surface area contributed by atoms with Crippen LogP contribution >= 0.6 is 0 Å². The zero-order valence-electron chi connectivity index (χ0n) is 22.5. The molecule has 11 heteroatoms. The monoisotopic (exact) mass is 559 g/mol. The van der Waals surface area contributed by atoms with Gasteiger partial charge in [-0.1, -0.05) is 24.3 Å². The molecule has 0 saturated carbocycles. The number of piperidine rings is 2. The average molecular weight is 560 g/mol. The largest absolute Gasteiger partial charge is 0.441 e. The van der Waals surface area contributed by atoms with Gasteiger partial charge in [0.1, 0.15) is 5.60 Å². The molecule has 2 amide bonds. The number of hydrogen-bond acceptors (Lipinski definition) is 6. The molecule has 0 aromatic heterocycles. The van der Waals surface area contributed by atoms with E-state index < -0.39 is 17.3 Å². The minimum absolute atomic E-state index is 0.0969. The first-order valence-corrected chi connectivity index (χ1v) is 13.8. The van der Waals surface area contributed by atoms with Crippen LogP contribution in [-0.2, 0) is 24.0 Å². The number of nitrogens with one attached hydrogen (secondary N) is 1. The normalized spacial score (nSPS) is 20.6. The molecule has 2 aromatic rings. The Morgan fingerprint density at radius 1 is 0.925 bits per heavy atom. The summed E-state index contributed by atoms with van der Waals surface area (Å²) < 4.78 is 44.3. The van der Waals surface area contributed by atoms with E-state index in [0.29, 0.717) is 57.8 Å². The fourth-order valence-corrected chi connectivity index (χ4v) is 5.76. The number of nitrogens with zero attached hydrogens (tertiary/aromatic N) is 3. The lowest BCUT2D eigenvalue weighted by Crippen LogP contribution is -2.46. The van der Waals surface area contributed by atoms with Crippen molar-refractivity contribution >= 4 is 12.0 Å². The third-order valence-corrected chi connectivity index (χ3v) is 8.27. The van der Waals surface area contributed by atoms with Gasteiger partial charge in [-0.2, -0.15) is 13.2 Å². The molecule has 0 aliphatic carbocycles. The second-order valence-corrected chi connectivity index (χ2v) is 11.1. The summed E-state index contributed by atoms with van der Waals surface area (Å²) in [6, 6.07) is 12.7. The van der Waals surface area contributed by atoms with Crippen LogP contribution in [0, 0.1) is 0 Å². The highest BCUT2D eigenvalue weighted by molar-refractivity contribution is 5.94. The standard InChI is InChI=1S/C29H36F3N5O3/c30-29(31,32)24-7-3-21(4-8-24)17-35-15-11-28(12-16-35)19-37(27(39)40-28)18-22-1-5-23(6-2-22)26(38)34-25-9-13-36(20-33)14-10-25/h1-8,25H,9-20,33H2,(H,34,38). The van der Waals surface area contributed by atoms with Crippen molar-refractivity contribution in [1.29, 1.82) is 0 Å². The number of nitrogens with two attached hydrogens (primary N) is 1. The third-order valence-electron chi connectivity index (χ3n) is 8.27. The van der Waals surface area contributed by atoms with Crippen molar-refractivity contribution in [2.45, 2.75) is 56.6 Å². The Kier molecular flexibility index (Phi) is 8.34. The van der Waals surface area contributed by atoms with Crippen LogP contribution in [0.25, 0.3) is 0 Å². The van der Waals surface area contributed by atoms with Gasteiger partial charge in [-0.25, -0.2) is 4.79 Å². The van der Waals surface area contributed by atoms with E-state index in [-0.39, 0.29) is 18.0 Å². The molecule has 40 heavy (non-hydrogen) atoms. The highest BCUT2D eigenvalue weighted by Gasteiger charge is 2.46. The van der Waals surface area contributed by atoms with Crippen LogP contribution in [0.3, 0.4) is 0 Å². The van der Waals surface area contributed by atoms with Gasteiger partial charge in [0, 0.05) is 70.4 Å². The lowest BCUT2D eigenvalue weighted by Gasteiger charge is -2.37. The number of ether oxygens (including phenoxy) is 1. The smallest absolute Gasteiger partial charge is 0.416 e. The number of likely N-dealkylation sites (tertiary alicyclic amines) is 2. The number of hydrogen-bond donors (Lipinski definition) is 2. The van der Waals surface area contributed by atoms with Crippen molar-refractivity contribution in [3.8, 4) is 0 Å². The lowest BCUT2D eigenvalue weighted by molar-refractivity contribution is -0.137. The number of amides is 2. The molecule has 0 bridgehead atoms. The Bertz CT molecular complexity index is 1170. The molecule has 0 unspecified atom stereocenters. The van der Waals surface area contributed by atoms with Gasteiger partial charge in [0.2, 0.25) is 0 Å². The highest BCUT2D eigenvalue weighted by Crippen LogP contribution is 2.35. The fourth-order valence-electron chi connectivity index (χ4n) is 5.76. The summed E-state index contributed by atoms with van der Waals surface area (Å²) in [5.41, 5.74) is 6.82. The van der Waals surface area contributed by atoms with E-state index in [2.05, 4.69) is 15.1 Å². The van der Waals surface area contributed by atoms with Crippen LogP contribution < -0.4 is 11.1 Å². The molecule has 1 spiro atoms. The molecular weight excluding hydrogens is 523 g/mol. The van der Waals surface area contributed by atoms with Crippen molar-refractivity contribution in [3.05, 3.63) is 70.8 Å². The molecule has 3 heterocycles. The van der Waals surface area contributed by atoms with Crippen LogP contribution in [0.15, 0.2) is 48.5 Å². The lowest BCUT2D eigenvalue weighted by atomic mass is 9.91. The third kappa shape index (κ3) is 6.76. The van der Waals surface area contributed by atoms with Gasteiger partial charge in [0.05, 0.1) is 12.1 Å². The van der Waals surface area contributed by atoms with E-state index in [9.17, 15) is 22.8 Å². The zero-order chi connectivity index (χ0) is 28.3. The molecule has 0 radical (unpaired) electrons. The van der Waals surface area contributed by atoms with E-state index in [1.54, 1.807) is 17.0 Å². The molecule has 8 nitrogen and oxygen atoms in total. The maximum atomic E-state index is 12.8. The molecule has 3 aliphatic rings. The topological polar surface area (TPSA) is 91.1 Å². The summed E-state index contributed by atoms with van der Waals surface area (Å²) in [5, 5.41) is 3.11. The van der Waals surface area contributed by atoms with E-state index in [1.165, 1.54) is 12.1 Å². The quantitative estimate of drug-likeness (QED) is 0.537. The van der Waals surface area contributed by atoms with Gasteiger partial charge in [0.25, 0.3) is 5.91 Å². The minimum atomic E-state index is -4.34. The second kappa shape index (κ2) is 11.8. The van der Waals surface area contributed by atoms with E-state index in [0.717, 1.165) is 49.2 Å². The molecule has 3 fully saturated rings. The van der Waals surface area contributed by atoms with E-state index >= 15 is 0 Å². The Labute approximate surface area is 232 Å². The second-order valence-electron chi connectivity index (χ2n) is 11.1. The van der Waals surface area contributed by atoms with Gasteiger partial charge >= 0.3 is 12.3 Å². The van der Waals surface area contributed by atoms with Gasteiger partial charge in [-0.3, -0.25) is 19.5 Å². The van der Waals surface area contributed by atoms with Crippen LogP contribution in [0.4, 0.5) is 18.0 Å². The molecule has 5 rings (SSSR count). The molecule has 0 atom stereocenters. The van der Waals surface area contributed by atoms with Crippen molar-refractivity contribution in [3.63, 3.8) is 0 Å². The number of carbonyl (C=O) groups is 2. The Morgan fingerprint density at radius 2 is 1.52 bits per heavy atom. The summed E-state index contributed by atoms with van der Waals surface area (Å²) >= 11 is 0. The van der Waals surface area contributed by atoms with E-state index in [1.807, 2.05) is 12.1 Å². The average Bonchev–Trinajstić information content (AvgIpc) is 3.24. The Balaban J connectivity index is 1.09. The summed E-state index contributed by atoms with van der Waals surface area (Å²) in [5.74, 6) is -0.0969. The minimum Gasteiger partial charge on any atom is -0.441 e. The predicted octanol–water partition coefficient (Wildman–Crippen LogP) is 3.80. The van der Waals surface area contributed by atoms with Crippen molar-refractivity contribution in [2.24, 2.45) is 5.73 Å². The summed E-state index contributed by atoms with van der Waals surface area (Å²) in [6.45, 7) is 5.13. The van der Waals surface area contributed by atoms with Gasteiger partial charge in [0.15, 0.2) is 0 Å². The first-order chi connectivity index (χ1) is 19.1. The highest BCUT2D eigenvalue weighted by atomic mass is 19.4. The molecule has 3 aliphatic heterocycles. The number of carbonyl (C=O) groups excluding carboxylic acids is 2. The number of halogens is 3. The first kappa shape index (κ1) is 28.4. The molecular formula is C29H36F3N5O3.